The zero-order valence-corrected chi connectivity index (χ0v) is 14.8. The number of para-hydroxylation sites is 1. The molecule has 0 radical (unpaired) electrons. The van der Waals surface area contributed by atoms with Gasteiger partial charge in [0, 0.05) is 12.3 Å². The van der Waals surface area contributed by atoms with Gasteiger partial charge in [0.25, 0.3) is 5.91 Å². The van der Waals surface area contributed by atoms with E-state index in [0.29, 0.717) is 23.8 Å². The Hall–Kier alpha value is -1.46. The third kappa shape index (κ3) is 3.62. The van der Waals surface area contributed by atoms with Crippen LogP contribution in [0.25, 0.3) is 0 Å². The summed E-state index contributed by atoms with van der Waals surface area (Å²) >= 11 is 1.84. The molecule has 0 aromatic heterocycles. The Labute approximate surface area is 147 Å². The number of benzene rings is 1. The molecule has 0 saturated heterocycles. The van der Waals surface area contributed by atoms with Crippen molar-refractivity contribution in [1.82, 2.24) is 5.32 Å². The van der Waals surface area contributed by atoms with Crippen LogP contribution in [0.5, 0.6) is 5.75 Å². The van der Waals surface area contributed by atoms with E-state index in [9.17, 15) is 9.90 Å². The SMILES string of the molecule is COc1ccccc1C(=O)NC[C@]1([C@H]2C=CSC2)CC[C@@H](O)CC1. The minimum absolute atomic E-state index is 0.0525. The molecule has 1 fully saturated rings. The molecular formula is C19H25NO3S. The quantitative estimate of drug-likeness (QED) is 0.859. The van der Waals surface area contributed by atoms with Gasteiger partial charge in [0.15, 0.2) is 0 Å². The Morgan fingerprint density at radius 3 is 2.79 bits per heavy atom. The molecule has 24 heavy (non-hydrogen) atoms. The summed E-state index contributed by atoms with van der Waals surface area (Å²) in [6, 6.07) is 7.30. The number of nitrogens with one attached hydrogen (secondary N) is 1. The molecule has 1 amide bonds. The number of rotatable bonds is 5. The molecule has 3 rings (SSSR count). The summed E-state index contributed by atoms with van der Waals surface area (Å²) in [7, 11) is 1.58. The fourth-order valence-electron chi connectivity index (χ4n) is 3.79. The number of carbonyl (C=O) groups excluding carboxylic acids is 1. The van der Waals surface area contributed by atoms with Crippen LogP contribution in [-0.2, 0) is 0 Å². The standard InChI is InChI=1S/C19H25NO3S/c1-23-17-5-3-2-4-16(17)18(22)20-13-19(14-8-11-24-12-14)9-6-15(21)7-10-19/h2-5,8,11,14-15,21H,6-7,9-10,12-13H2,1H3,(H,20,22)/t14-,15-,19+/m0/s1. The Morgan fingerprint density at radius 2 is 2.12 bits per heavy atom. The highest BCUT2D eigenvalue weighted by Crippen LogP contribution is 2.46. The van der Waals surface area contributed by atoms with Gasteiger partial charge in [-0.25, -0.2) is 0 Å². The van der Waals surface area contributed by atoms with E-state index in [1.807, 2.05) is 23.9 Å². The average Bonchev–Trinajstić information content (AvgIpc) is 3.16. The lowest BCUT2D eigenvalue weighted by Crippen LogP contribution is -2.45. The Bertz CT molecular complexity index is 608. The Morgan fingerprint density at radius 1 is 1.38 bits per heavy atom. The summed E-state index contributed by atoms with van der Waals surface area (Å²) in [5, 5.41) is 15.2. The number of methoxy groups -OCH3 is 1. The second kappa shape index (κ2) is 7.62. The minimum Gasteiger partial charge on any atom is -0.496 e. The van der Waals surface area contributed by atoms with E-state index < -0.39 is 0 Å². The van der Waals surface area contributed by atoms with Crippen LogP contribution in [-0.4, -0.2) is 36.5 Å². The minimum atomic E-state index is -0.193. The first-order valence-electron chi connectivity index (χ1n) is 8.52. The summed E-state index contributed by atoms with van der Waals surface area (Å²) < 4.78 is 5.29. The van der Waals surface area contributed by atoms with Crippen molar-refractivity contribution in [2.75, 3.05) is 19.4 Å². The van der Waals surface area contributed by atoms with Gasteiger partial charge in [0.05, 0.1) is 18.8 Å². The molecule has 0 bridgehead atoms. The first-order chi connectivity index (χ1) is 11.6. The van der Waals surface area contributed by atoms with Gasteiger partial charge < -0.3 is 15.2 Å². The van der Waals surface area contributed by atoms with Crippen LogP contribution in [0.4, 0.5) is 0 Å². The second-order valence-electron chi connectivity index (χ2n) is 6.74. The van der Waals surface area contributed by atoms with Crippen LogP contribution < -0.4 is 10.1 Å². The summed E-state index contributed by atoms with van der Waals surface area (Å²) in [6.07, 6.45) is 5.63. The van der Waals surface area contributed by atoms with Gasteiger partial charge in [-0.2, -0.15) is 0 Å². The van der Waals surface area contributed by atoms with Gasteiger partial charge in [0.1, 0.15) is 5.75 Å². The third-order valence-electron chi connectivity index (χ3n) is 5.37. The number of ether oxygens (including phenoxy) is 1. The van der Waals surface area contributed by atoms with Crippen molar-refractivity contribution in [3.8, 4) is 5.75 Å². The van der Waals surface area contributed by atoms with E-state index in [4.69, 9.17) is 4.74 Å². The first-order valence-corrected chi connectivity index (χ1v) is 9.57. The predicted octanol–water partition coefficient (Wildman–Crippen LogP) is 3.22. The number of carbonyl (C=O) groups is 1. The van der Waals surface area contributed by atoms with Crippen LogP contribution in [0.15, 0.2) is 35.7 Å². The monoisotopic (exact) mass is 347 g/mol. The van der Waals surface area contributed by atoms with Crippen LogP contribution in [0.1, 0.15) is 36.0 Å². The van der Waals surface area contributed by atoms with Crippen LogP contribution in [0.3, 0.4) is 0 Å². The first kappa shape index (κ1) is 17.4. The number of hydrogen-bond donors (Lipinski definition) is 2. The van der Waals surface area contributed by atoms with Crippen molar-refractivity contribution in [3.63, 3.8) is 0 Å². The maximum Gasteiger partial charge on any atom is 0.255 e. The van der Waals surface area contributed by atoms with Crippen LogP contribution in [0.2, 0.25) is 0 Å². The third-order valence-corrected chi connectivity index (χ3v) is 6.27. The summed E-state index contributed by atoms with van der Waals surface area (Å²) in [6.45, 7) is 0.645. The van der Waals surface area contributed by atoms with Crippen LogP contribution >= 0.6 is 11.8 Å². The molecular weight excluding hydrogens is 322 g/mol. The Kier molecular flexibility index (Phi) is 5.51. The summed E-state index contributed by atoms with van der Waals surface area (Å²) in [5.74, 6) is 2.04. The van der Waals surface area contributed by atoms with E-state index in [2.05, 4.69) is 16.8 Å². The van der Waals surface area contributed by atoms with Gasteiger partial charge >= 0.3 is 0 Å². The maximum atomic E-state index is 12.6. The van der Waals surface area contributed by atoms with Gasteiger partial charge in [0.2, 0.25) is 0 Å². The van der Waals surface area contributed by atoms with E-state index in [0.717, 1.165) is 31.4 Å². The van der Waals surface area contributed by atoms with E-state index in [1.54, 1.807) is 19.2 Å². The lowest BCUT2D eigenvalue weighted by atomic mass is 9.65. The van der Waals surface area contributed by atoms with Gasteiger partial charge in [-0.15, -0.1) is 11.8 Å². The topological polar surface area (TPSA) is 58.6 Å². The number of aliphatic hydroxyl groups is 1. The molecule has 1 aromatic carbocycles. The largest absolute Gasteiger partial charge is 0.496 e. The van der Waals surface area contributed by atoms with Crippen molar-refractivity contribution in [1.29, 1.82) is 0 Å². The summed E-state index contributed by atoms with van der Waals surface area (Å²) in [4.78, 5) is 12.6. The lowest BCUT2D eigenvalue weighted by Gasteiger charge is -2.43. The van der Waals surface area contributed by atoms with Crippen molar-refractivity contribution in [2.24, 2.45) is 11.3 Å². The molecule has 2 aliphatic rings. The van der Waals surface area contributed by atoms with E-state index >= 15 is 0 Å². The number of aliphatic hydroxyl groups excluding tert-OH is 1. The summed E-state index contributed by atoms with van der Waals surface area (Å²) in [5.41, 5.74) is 0.624. The highest BCUT2D eigenvalue weighted by atomic mass is 32.2. The molecule has 1 aliphatic carbocycles. The predicted molar refractivity (Wildman–Crippen MR) is 97.3 cm³/mol. The van der Waals surface area contributed by atoms with Crippen molar-refractivity contribution >= 4 is 17.7 Å². The molecule has 2 N–H and O–H groups in total. The highest BCUT2D eigenvalue weighted by Gasteiger charge is 2.41. The van der Waals surface area contributed by atoms with Gasteiger partial charge in [-0.05, 0) is 54.6 Å². The Balaban J connectivity index is 1.71. The fourth-order valence-corrected chi connectivity index (χ4v) is 4.87. The van der Waals surface area contributed by atoms with Gasteiger partial charge in [-0.1, -0.05) is 18.2 Å². The van der Waals surface area contributed by atoms with Crippen molar-refractivity contribution in [3.05, 3.63) is 41.3 Å². The maximum absolute atomic E-state index is 12.6. The second-order valence-corrected chi connectivity index (χ2v) is 7.68. The lowest BCUT2D eigenvalue weighted by molar-refractivity contribution is 0.0421. The molecule has 5 heteroatoms. The number of amides is 1. The molecule has 1 aromatic rings. The molecule has 130 valence electrons. The molecule has 1 atom stereocenters. The number of thioether (sulfide) groups is 1. The molecule has 1 aliphatic heterocycles. The molecule has 1 saturated carbocycles. The molecule has 1 heterocycles. The number of hydrogen-bond acceptors (Lipinski definition) is 4. The van der Waals surface area contributed by atoms with Crippen molar-refractivity contribution < 1.29 is 14.6 Å². The van der Waals surface area contributed by atoms with Crippen molar-refractivity contribution in [2.45, 2.75) is 31.8 Å². The smallest absolute Gasteiger partial charge is 0.255 e. The zero-order valence-electron chi connectivity index (χ0n) is 14.0. The van der Waals surface area contributed by atoms with E-state index in [-0.39, 0.29) is 17.4 Å². The normalized spacial score (nSPS) is 29.4. The zero-order chi connectivity index (χ0) is 17.0. The molecule has 0 unspecified atom stereocenters. The fraction of sp³-hybridized carbons (Fsp3) is 0.526. The van der Waals surface area contributed by atoms with Gasteiger partial charge in [-0.3, -0.25) is 4.79 Å². The molecule has 0 spiro atoms. The van der Waals surface area contributed by atoms with Crippen LogP contribution in [0, 0.1) is 11.3 Å². The molecule has 4 nitrogen and oxygen atoms in total. The number of allylic oxidation sites excluding steroid dienone is 1. The highest BCUT2D eigenvalue weighted by molar-refractivity contribution is 8.02. The average molecular weight is 347 g/mol. The van der Waals surface area contributed by atoms with E-state index in [1.165, 1.54) is 0 Å².